The van der Waals surface area contributed by atoms with E-state index in [0.29, 0.717) is 30.7 Å². The van der Waals surface area contributed by atoms with Crippen molar-refractivity contribution in [2.24, 2.45) is 0 Å². The van der Waals surface area contributed by atoms with Gasteiger partial charge >= 0.3 is 6.18 Å². The number of hydrogen-bond donors (Lipinski definition) is 2. The zero-order valence-corrected chi connectivity index (χ0v) is 14.7. The number of nitrogens with zero attached hydrogens (tertiary/aromatic N) is 1. The van der Waals surface area contributed by atoms with Gasteiger partial charge in [-0.3, -0.25) is 9.59 Å². The maximum absolute atomic E-state index is 12.6. The minimum absolute atomic E-state index is 0.0390. The summed E-state index contributed by atoms with van der Waals surface area (Å²) in [6, 6.07) is 6.00. The second-order valence-electron chi connectivity index (χ2n) is 6.41. The number of H-pyrrole nitrogens is 1. The van der Waals surface area contributed by atoms with E-state index in [9.17, 15) is 22.8 Å². The molecule has 1 aromatic heterocycles. The maximum atomic E-state index is 12.6. The van der Waals surface area contributed by atoms with E-state index in [1.54, 1.807) is 24.3 Å². The van der Waals surface area contributed by atoms with Gasteiger partial charge in [-0.2, -0.15) is 13.2 Å². The summed E-state index contributed by atoms with van der Waals surface area (Å²) in [5.41, 5.74) is 0.930. The Kier molecular flexibility index (Phi) is 5.29. The molecule has 9 heteroatoms. The third-order valence-electron chi connectivity index (χ3n) is 4.36. The van der Waals surface area contributed by atoms with Crippen LogP contribution in [0, 0.1) is 0 Å². The molecule has 2 amide bonds. The van der Waals surface area contributed by atoms with Crippen LogP contribution < -0.4 is 10.1 Å². The number of piperidine rings is 1. The highest BCUT2D eigenvalue weighted by atomic mass is 19.4. The van der Waals surface area contributed by atoms with Crippen LogP contribution in [-0.2, 0) is 4.79 Å². The summed E-state index contributed by atoms with van der Waals surface area (Å²) in [6.07, 6.45) is -3.75. The minimum Gasteiger partial charge on any atom is -0.494 e. The Labute approximate surface area is 153 Å². The quantitative estimate of drug-likeness (QED) is 0.834. The number of halogens is 3. The van der Waals surface area contributed by atoms with Gasteiger partial charge < -0.3 is 19.9 Å². The lowest BCUT2D eigenvalue weighted by Crippen LogP contribution is -2.54. The van der Waals surface area contributed by atoms with Gasteiger partial charge in [0.1, 0.15) is 24.0 Å². The Morgan fingerprint density at radius 1 is 1.37 bits per heavy atom. The van der Waals surface area contributed by atoms with E-state index < -0.39 is 30.6 Å². The zero-order chi connectivity index (χ0) is 19.6. The summed E-state index contributed by atoms with van der Waals surface area (Å²) in [5, 5.41) is 3.33. The number of alkyl halides is 3. The van der Waals surface area contributed by atoms with Crippen LogP contribution in [0.25, 0.3) is 10.9 Å². The van der Waals surface area contributed by atoms with Crippen molar-refractivity contribution in [3.8, 4) is 5.75 Å². The monoisotopic (exact) mass is 383 g/mol. The summed E-state index contributed by atoms with van der Waals surface area (Å²) in [4.78, 5) is 28.4. The minimum atomic E-state index is -4.46. The summed E-state index contributed by atoms with van der Waals surface area (Å²) in [5.74, 6) is -0.581. The summed E-state index contributed by atoms with van der Waals surface area (Å²) in [7, 11) is 0. The van der Waals surface area contributed by atoms with Gasteiger partial charge in [-0.1, -0.05) is 0 Å². The molecule has 0 saturated carbocycles. The number of ether oxygens (including phenoxy) is 1. The molecule has 0 radical (unpaired) electrons. The molecule has 2 aromatic rings. The van der Waals surface area contributed by atoms with E-state index >= 15 is 0 Å². The molecule has 1 aromatic carbocycles. The number of carbonyl (C=O) groups excluding carboxylic acids is 2. The lowest BCUT2D eigenvalue weighted by molar-refractivity contribution is -0.164. The highest BCUT2D eigenvalue weighted by Gasteiger charge is 2.37. The van der Waals surface area contributed by atoms with Crippen LogP contribution in [0.2, 0.25) is 0 Å². The van der Waals surface area contributed by atoms with E-state index in [1.807, 2.05) is 6.92 Å². The third kappa shape index (κ3) is 4.53. The molecule has 3 rings (SSSR count). The number of benzene rings is 1. The van der Waals surface area contributed by atoms with Crippen LogP contribution in [0.5, 0.6) is 5.75 Å². The van der Waals surface area contributed by atoms with Crippen LogP contribution >= 0.6 is 0 Å². The van der Waals surface area contributed by atoms with Crippen molar-refractivity contribution in [2.45, 2.75) is 32.0 Å². The lowest BCUT2D eigenvalue weighted by atomic mass is 10.0. The molecule has 146 valence electrons. The van der Waals surface area contributed by atoms with Gasteiger partial charge in [0.25, 0.3) is 5.91 Å². The Morgan fingerprint density at radius 3 is 2.85 bits per heavy atom. The van der Waals surface area contributed by atoms with E-state index in [1.165, 1.54) is 0 Å². The van der Waals surface area contributed by atoms with Crippen LogP contribution in [-0.4, -0.2) is 53.6 Å². The number of nitrogens with one attached hydrogen (secondary N) is 2. The van der Waals surface area contributed by atoms with Gasteiger partial charge in [0.2, 0.25) is 5.91 Å². The molecule has 6 nitrogen and oxygen atoms in total. The van der Waals surface area contributed by atoms with E-state index in [0.717, 1.165) is 10.3 Å². The van der Waals surface area contributed by atoms with Gasteiger partial charge in [-0.25, -0.2) is 0 Å². The number of amides is 2. The molecule has 0 aliphatic carbocycles. The molecule has 1 atom stereocenters. The van der Waals surface area contributed by atoms with Gasteiger partial charge in [-0.15, -0.1) is 0 Å². The Balaban J connectivity index is 1.70. The highest BCUT2D eigenvalue weighted by molar-refractivity contribution is 6.00. The SMILES string of the molecule is CCOc1ccc2cc(C(=O)NC3CCCN(CC(F)(F)F)C3=O)[nH]c2c1. The first kappa shape index (κ1) is 19.1. The number of aromatic amines is 1. The van der Waals surface area contributed by atoms with Gasteiger partial charge in [0.05, 0.1) is 6.61 Å². The molecule has 1 saturated heterocycles. The Morgan fingerprint density at radius 2 is 2.15 bits per heavy atom. The number of hydrogen-bond acceptors (Lipinski definition) is 3. The molecular weight excluding hydrogens is 363 g/mol. The number of carbonyl (C=O) groups is 2. The fraction of sp³-hybridized carbons (Fsp3) is 0.444. The lowest BCUT2D eigenvalue weighted by Gasteiger charge is -2.32. The molecule has 1 unspecified atom stereocenters. The number of rotatable bonds is 5. The van der Waals surface area contributed by atoms with Crippen molar-refractivity contribution in [3.05, 3.63) is 30.0 Å². The second-order valence-corrected chi connectivity index (χ2v) is 6.41. The topological polar surface area (TPSA) is 74.4 Å². The number of aromatic nitrogens is 1. The first-order chi connectivity index (χ1) is 12.8. The maximum Gasteiger partial charge on any atom is 0.406 e. The van der Waals surface area contributed by atoms with Gasteiger partial charge in [0.15, 0.2) is 0 Å². The fourth-order valence-electron chi connectivity index (χ4n) is 3.17. The molecular formula is C18H20F3N3O3. The second kappa shape index (κ2) is 7.50. The molecule has 0 spiro atoms. The first-order valence-corrected chi connectivity index (χ1v) is 8.69. The van der Waals surface area contributed by atoms with Crippen molar-refractivity contribution in [1.29, 1.82) is 0 Å². The summed E-state index contributed by atoms with van der Waals surface area (Å²) < 4.78 is 43.1. The Bertz CT molecular complexity index is 847. The van der Waals surface area contributed by atoms with Crippen LogP contribution in [0.3, 0.4) is 0 Å². The molecule has 2 N–H and O–H groups in total. The van der Waals surface area contributed by atoms with Crippen LogP contribution in [0.4, 0.5) is 13.2 Å². The van der Waals surface area contributed by atoms with E-state index in [-0.39, 0.29) is 12.2 Å². The fourth-order valence-corrected chi connectivity index (χ4v) is 3.17. The van der Waals surface area contributed by atoms with Crippen molar-refractivity contribution in [2.75, 3.05) is 19.7 Å². The van der Waals surface area contributed by atoms with E-state index in [2.05, 4.69) is 10.3 Å². The molecule has 1 fully saturated rings. The van der Waals surface area contributed by atoms with E-state index in [4.69, 9.17) is 4.74 Å². The third-order valence-corrected chi connectivity index (χ3v) is 4.36. The van der Waals surface area contributed by atoms with Crippen LogP contribution in [0.15, 0.2) is 24.3 Å². The average molecular weight is 383 g/mol. The van der Waals surface area contributed by atoms with Crippen molar-refractivity contribution in [3.63, 3.8) is 0 Å². The van der Waals surface area contributed by atoms with Crippen molar-refractivity contribution in [1.82, 2.24) is 15.2 Å². The molecule has 0 bridgehead atoms. The predicted octanol–water partition coefficient (Wildman–Crippen LogP) is 2.85. The zero-order valence-electron chi connectivity index (χ0n) is 14.7. The first-order valence-electron chi connectivity index (χ1n) is 8.69. The smallest absolute Gasteiger partial charge is 0.406 e. The largest absolute Gasteiger partial charge is 0.494 e. The molecule has 27 heavy (non-hydrogen) atoms. The molecule has 1 aliphatic heterocycles. The normalized spacial score (nSPS) is 18.0. The predicted molar refractivity (Wildman–Crippen MR) is 92.6 cm³/mol. The van der Waals surface area contributed by atoms with Gasteiger partial charge in [0, 0.05) is 23.5 Å². The van der Waals surface area contributed by atoms with Gasteiger partial charge in [-0.05, 0) is 38.0 Å². The standard InChI is InChI=1S/C18H20F3N3O3/c1-2-27-12-6-5-11-8-15(22-14(11)9-12)16(25)23-13-4-3-7-24(17(13)26)10-18(19,20)21/h5-6,8-9,13,22H,2-4,7,10H2,1H3,(H,23,25). The number of likely N-dealkylation sites (tertiary alicyclic amines) is 1. The van der Waals surface area contributed by atoms with Crippen LogP contribution in [0.1, 0.15) is 30.3 Å². The summed E-state index contributed by atoms with van der Waals surface area (Å²) >= 11 is 0. The highest BCUT2D eigenvalue weighted by Crippen LogP contribution is 2.23. The summed E-state index contributed by atoms with van der Waals surface area (Å²) in [6.45, 7) is 1.11. The van der Waals surface area contributed by atoms with Crippen molar-refractivity contribution >= 4 is 22.7 Å². The molecule has 1 aliphatic rings. The Hall–Kier alpha value is -2.71. The average Bonchev–Trinajstić information content (AvgIpc) is 3.01. The molecule has 2 heterocycles. The number of fused-ring (bicyclic) bond motifs is 1. The van der Waals surface area contributed by atoms with Crippen molar-refractivity contribution < 1.29 is 27.5 Å².